The van der Waals surface area contributed by atoms with Gasteiger partial charge in [0.15, 0.2) is 0 Å². The number of rotatable bonds is 5. The third-order valence-corrected chi connectivity index (χ3v) is 4.78. The molecule has 2 amide bonds. The third-order valence-electron chi connectivity index (χ3n) is 4.78. The molecule has 27 heavy (non-hydrogen) atoms. The summed E-state index contributed by atoms with van der Waals surface area (Å²) < 4.78 is 5.83. The van der Waals surface area contributed by atoms with Crippen LogP contribution in [-0.4, -0.2) is 29.3 Å². The molecule has 1 saturated heterocycles. The van der Waals surface area contributed by atoms with E-state index in [0.717, 1.165) is 24.2 Å². The molecule has 1 unspecified atom stereocenters. The van der Waals surface area contributed by atoms with Gasteiger partial charge in [0.2, 0.25) is 11.8 Å². The second kappa shape index (κ2) is 8.71. The molecule has 3 rings (SSSR count). The summed E-state index contributed by atoms with van der Waals surface area (Å²) in [6, 6.07) is 14.8. The largest absolute Gasteiger partial charge is 0.457 e. The van der Waals surface area contributed by atoms with Gasteiger partial charge in [-0.05, 0) is 68.1 Å². The smallest absolute Gasteiger partial charge is 0.247 e. The molecule has 0 saturated carbocycles. The first-order valence-electron chi connectivity index (χ1n) is 9.51. The summed E-state index contributed by atoms with van der Waals surface area (Å²) in [5.74, 6) is 1.40. The zero-order chi connectivity index (χ0) is 19.2. The first-order chi connectivity index (χ1) is 13.1. The van der Waals surface area contributed by atoms with Crippen molar-refractivity contribution in [1.82, 2.24) is 4.90 Å². The van der Waals surface area contributed by atoms with E-state index in [2.05, 4.69) is 5.32 Å². The Balaban J connectivity index is 1.63. The van der Waals surface area contributed by atoms with Crippen molar-refractivity contribution in [3.63, 3.8) is 0 Å². The Hall–Kier alpha value is -2.82. The molecule has 1 aliphatic rings. The van der Waals surface area contributed by atoms with E-state index in [4.69, 9.17) is 4.74 Å². The minimum Gasteiger partial charge on any atom is -0.457 e. The van der Waals surface area contributed by atoms with E-state index < -0.39 is 0 Å². The summed E-state index contributed by atoms with van der Waals surface area (Å²) in [5, 5.41) is 2.93. The summed E-state index contributed by atoms with van der Waals surface area (Å²) in [6.07, 6.45) is 3.07. The molecule has 142 valence electrons. The van der Waals surface area contributed by atoms with Crippen LogP contribution in [0.1, 0.15) is 38.2 Å². The molecule has 5 nitrogen and oxygen atoms in total. The zero-order valence-electron chi connectivity index (χ0n) is 15.9. The van der Waals surface area contributed by atoms with Crippen LogP contribution in [0, 0.1) is 6.92 Å². The Morgan fingerprint density at radius 3 is 2.59 bits per heavy atom. The number of ether oxygens (including phenoxy) is 1. The molecule has 2 aromatic carbocycles. The second-order valence-corrected chi connectivity index (χ2v) is 6.88. The van der Waals surface area contributed by atoms with Crippen molar-refractivity contribution < 1.29 is 14.3 Å². The summed E-state index contributed by atoms with van der Waals surface area (Å²) >= 11 is 0. The van der Waals surface area contributed by atoms with Gasteiger partial charge in [-0.2, -0.15) is 0 Å². The molecule has 1 atom stereocenters. The average Bonchev–Trinajstić information content (AvgIpc) is 2.69. The molecule has 1 fully saturated rings. The highest BCUT2D eigenvalue weighted by Crippen LogP contribution is 2.25. The lowest BCUT2D eigenvalue weighted by atomic mass is 10.0. The highest BCUT2D eigenvalue weighted by molar-refractivity contribution is 5.97. The van der Waals surface area contributed by atoms with Crippen LogP contribution in [0.3, 0.4) is 0 Å². The number of aryl methyl sites for hydroxylation is 1. The number of nitrogens with zero attached hydrogens (tertiary/aromatic N) is 1. The molecule has 0 aromatic heterocycles. The molecule has 0 spiro atoms. The van der Waals surface area contributed by atoms with Crippen molar-refractivity contribution in [2.75, 3.05) is 11.9 Å². The van der Waals surface area contributed by atoms with Crippen LogP contribution in [0.2, 0.25) is 0 Å². The number of nitrogens with one attached hydrogen (secondary N) is 1. The molecular formula is C22H26N2O3. The van der Waals surface area contributed by atoms with Crippen LogP contribution in [0.15, 0.2) is 48.5 Å². The molecule has 0 aliphatic carbocycles. The molecule has 0 radical (unpaired) electrons. The number of hydrogen-bond acceptors (Lipinski definition) is 3. The van der Waals surface area contributed by atoms with Gasteiger partial charge in [-0.15, -0.1) is 0 Å². The van der Waals surface area contributed by atoms with Gasteiger partial charge in [0, 0.05) is 18.7 Å². The van der Waals surface area contributed by atoms with E-state index in [1.54, 1.807) is 4.90 Å². The van der Waals surface area contributed by atoms with Crippen LogP contribution in [0.4, 0.5) is 5.69 Å². The number of piperidine rings is 1. The average molecular weight is 366 g/mol. The topological polar surface area (TPSA) is 58.6 Å². The molecule has 2 aromatic rings. The maximum Gasteiger partial charge on any atom is 0.247 e. The number of anilines is 1. The van der Waals surface area contributed by atoms with Crippen LogP contribution in [0.5, 0.6) is 11.5 Å². The molecule has 0 bridgehead atoms. The van der Waals surface area contributed by atoms with Crippen molar-refractivity contribution in [3.8, 4) is 11.5 Å². The van der Waals surface area contributed by atoms with Crippen LogP contribution in [-0.2, 0) is 9.59 Å². The molecule has 1 aliphatic heterocycles. The highest BCUT2D eigenvalue weighted by atomic mass is 16.5. The fourth-order valence-corrected chi connectivity index (χ4v) is 3.35. The highest BCUT2D eigenvalue weighted by Gasteiger charge is 2.31. The van der Waals surface area contributed by atoms with Gasteiger partial charge in [0.1, 0.15) is 17.5 Å². The third kappa shape index (κ3) is 4.88. The lowest BCUT2D eigenvalue weighted by Crippen LogP contribution is -2.49. The van der Waals surface area contributed by atoms with E-state index in [0.29, 0.717) is 30.8 Å². The predicted molar refractivity (Wildman–Crippen MR) is 106 cm³/mol. The predicted octanol–water partition coefficient (Wildman–Crippen LogP) is 4.52. The molecule has 1 N–H and O–H groups in total. The van der Waals surface area contributed by atoms with Gasteiger partial charge in [0.25, 0.3) is 0 Å². The van der Waals surface area contributed by atoms with Crippen molar-refractivity contribution in [2.45, 2.75) is 45.6 Å². The number of carbonyl (C=O) groups is 2. The van der Waals surface area contributed by atoms with E-state index in [1.165, 1.54) is 0 Å². The Bertz CT molecular complexity index is 801. The van der Waals surface area contributed by atoms with Crippen molar-refractivity contribution in [2.24, 2.45) is 0 Å². The number of amides is 2. The van der Waals surface area contributed by atoms with Gasteiger partial charge in [-0.1, -0.05) is 19.1 Å². The summed E-state index contributed by atoms with van der Waals surface area (Å²) in [6.45, 7) is 4.51. The lowest BCUT2D eigenvalue weighted by molar-refractivity contribution is -0.140. The standard InChI is InChI=1S/C22H26N2O3/c1-3-21(25)24-14-5-4-9-20(24)22(26)23-17-10-12-18(13-11-17)27-19-8-6-7-16(2)15-19/h6-8,10-13,15,20H,3-5,9,14H2,1-2H3,(H,23,26). The number of hydrogen-bond donors (Lipinski definition) is 1. The summed E-state index contributed by atoms with van der Waals surface area (Å²) in [4.78, 5) is 26.5. The summed E-state index contributed by atoms with van der Waals surface area (Å²) in [7, 11) is 0. The second-order valence-electron chi connectivity index (χ2n) is 6.88. The maximum absolute atomic E-state index is 12.7. The van der Waals surface area contributed by atoms with E-state index in [9.17, 15) is 9.59 Å². The van der Waals surface area contributed by atoms with Gasteiger partial charge in [0.05, 0.1) is 0 Å². The molecule has 5 heteroatoms. The number of likely N-dealkylation sites (tertiary alicyclic amines) is 1. The van der Waals surface area contributed by atoms with Crippen LogP contribution >= 0.6 is 0 Å². The quantitative estimate of drug-likeness (QED) is 0.846. The SMILES string of the molecule is CCC(=O)N1CCCCC1C(=O)Nc1ccc(Oc2cccc(C)c2)cc1. The Morgan fingerprint density at radius 1 is 1.11 bits per heavy atom. The van der Waals surface area contributed by atoms with Gasteiger partial charge in [-0.3, -0.25) is 9.59 Å². The Labute approximate surface area is 160 Å². The van der Waals surface area contributed by atoms with E-state index >= 15 is 0 Å². The maximum atomic E-state index is 12.7. The zero-order valence-corrected chi connectivity index (χ0v) is 15.9. The first kappa shape index (κ1) is 19.0. The van der Waals surface area contributed by atoms with E-state index in [1.807, 2.05) is 62.4 Å². The summed E-state index contributed by atoms with van der Waals surface area (Å²) in [5.41, 5.74) is 1.83. The van der Waals surface area contributed by atoms with Gasteiger partial charge < -0.3 is 15.0 Å². The molecular weight excluding hydrogens is 340 g/mol. The van der Waals surface area contributed by atoms with Crippen LogP contribution in [0.25, 0.3) is 0 Å². The minimum atomic E-state index is -0.380. The first-order valence-corrected chi connectivity index (χ1v) is 9.51. The van der Waals surface area contributed by atoms with Gasteiger partial charge in [-0.25, -0.2) is 0 Å². The van der Waals surface area contributed by atoms with Gasteiger partial charge >= 0.3 is 0 Å². The normalized spacial score (nSPS) is 16.7. The Morgan fingerprint density at radius 2 is 1.89 bits per heavy atom. The van der Waals surface area contributed by atoms with Crippen molar-refractivity contribution in [1.29, 1.82) is 0 Å². The van der Waals surface area contributed by atoms with Crippen molar-refractivity contribution >= 4 is 17.5 Å². The monoisotopic (exact) mass is 366 g/mol. The van der Waals surface area contributed by atoms with Crippen LogP contribution < -0.4 is 10.1 Å². The fourth-order valence-electron chi connectivity index (χ4n) is 3.35. The fraction of sp³-hybridized carbons (Fsp3) is 0.364. The number of benzene rings is 2. The Kier molecular flexibility index (Phi) is 6.12. The van der Waals surface area contributed by atoms with Crippen molar-refractivity contribution in [3.05, 3.63) is 54.1 Å². The van der Waals surface area contributed by atoms with E-state index in [-0.39, 0.29) is 17.9 Å². The number of carbonyl (C=O) groups excluding carboxylic acids is 2. The lowest BCUT2D eigenvalue weighted by Gasteiger charge is -2.34. The minimum absolute atomic E-state index is 0.0387. The molecule has 1 heterocycles.